The van der Waals surface area contributed by atoms with Crippen LogP contribution < -0.4 is 15.4 Å². The fourth-order valence-electron chi connectivity index (χ4n) is 1.39. The number of amides is 1. The second-order valence-electron chi connectivity index (χ2n) is 3.89. The number of carbonyl (C=O) groups excluding carboxylic acids is 1. The van der Waals surface area contributed by atoms with Crippen molar-refractivity contribution in [2.24, 2.45) is 0 Å². The van der Waals surface area contributed by atoms with Gasteiger partial charge in [0.1, 0.15) is 0 Å². The molecule has 0 aliphatic rings. The molecule has 0 bridgehead atoms. The van der Waals surface area contributed by atoms with Crippen LogP contribution in [0.5, 0.6) is 5.88 Å². The second-order valence-corrected chi connectivity index (χ2v) is 3.89. The number of anilines is 1. The molecule has 0 saturated carbocycles. The van der Waals surface area contributed by atoms with Crippen LogP contribution in [0.2, 0.25) is 0 Å². The number of rotatable bonds is 8. The molecule has 0 saturated heterocycles. The molecule has 1 heterocycles. The Labute approximate surface area is 112 Å². The molecular weight excluding hydrogens is 248 g/mol. The van der Waals surface area contributed by atoms with Crippen molar-refractivity contribution in [1.82, 2.24) is 15.3 Å². The minimum absolute atomic E-state index is 0.0378. The summed E-state index contributed by atoms with van der Waals surface area (Å²) in [6, 6.07) is 1.74. The van der Waals surface area contributed by atoms with Gasteiger partial charge in [0.2, 0.25) is 17.7 Å². The third kappa shape index (κ3) is 6.01. The van der Waals surface area contributed by atoms with Crippen molar-refractivity contribution in [3.63, 3.8) is 0 Å². The van der Waals surface area contributed by atoms with E-state index in [0.29, 0.717) is 37.9 Å². The average molecular weight is 268 g/mol. The lowest BCUT2D eigenvalue weighted by molar-refractivity contribution is -0.121. The maximum Gasteiger partial charge on any atom is 0.226 e. The summed E-state index contributed by atoms with van der Waals surface area (Å²) in [5.41, 5.74) is 0.805. The second kappa shape index (κ2) is 8.25. The predicted molar refractivity (Wildman–Crippen MR) is 71.3 cm³/mol. The van der Waals surface area contributed by atoms with Crippen LogP contribution in [-0.2, 0) is 9.53 Å². The average Bonchev–Trinajstić information content (AvgIpc) is 2.38. The van der Waals surface area contributed by atoms with Gasteiger partial charge in [-0.3, -0.25) is 4.79 Å². The smallest absolute Gasteiger partial charge is 0.226 e. The Morgan fingerprint density at radius 2 is 2.11 bits per heavy atom. The van der Waals surface area contributed by atoms with E-state index in [9.17, 15) is 4.79 Å². The fourth-order valence-corrected chi connectivity index (χ4v) is 1.39. The lowest BCUT2D eigenvalue weighted by Gasteiger charge is -2.07. The molecule has 1 amide bonds. The molecule has 7 nitrogen and oxygen atoms in total. The summed E-state index contributed by atoms with van der Waals surface area (Å²) < 4.78 is 9.88. The number of carbonyl (C=O) groups is 1. The molecule has 0 unspecified atom stereocenters. The number of hydrogen-bond donors (Lipinski definition) is 2. The quantitative estimate of drug-likeness (QED) is 0.662. The first-order chi connectivity index (χ1) is 9.15. The Morgan fingerprint density at radius 3 is 2.79 bits per heavy atom. The molecule has 7 heteroatoms. The molecule has 0 aliphatic heterocycles. The van der Waals surface area contributed by atoms with Gasteiger partial charge < -0.3 is 20.1 Å². The molecule has 0 fully saturated rings. The molecule has 2 N–H and O–H groups in total. The van der Waals surface area contributed by atoms with E-state index in [-0.39, 0.29) is 5.91 Å². The predicted octanol–water partition coefficient (Wildman–Crippen LogP) is 0.358. The molecule has 19 heavy (non-hydrogen) atoms. The van der Waals surface area contributed by atoms with Gasteiger partial charge >= 0.3 is 0 Å². The van der Waals surface area contributed by atoms with Gasteiger partial charge in [0.15, 0.2) is 0 Å². The van der Waals surface area contributed by atoms with Crippen LogP contribution in [0.25, 0.3) is 0 Å². The molecule has 0 atom stereocenters. The zero-order valence-corrected chi connectivity index (χ0v) is 11.5. The molecule has 1 aromatic rings. The summed E-state index contributed by atoms with van der Waals surface area (Å²) in [4.78, 5) is 19.8. The summed E-state index contributed by atoms with van der Waals surface area (Å²) in [5.74, 6) is 0.922. The Hall–Kier alpha value is -1.89. The number of aryl methyl sites for hydroxylation is 1. The van der Waals surface area contributed by atoms with Crippen LogP contribution >= 0.6 is 0 Å². The highest BCUT2D eigenvalue weighted by Crippen LogP contribution is 2.10. The van der Waals surface area contributed by atoms with Crippen LogP contribution in [0, 0.1) is 6.92 Å². The van der Waals surface area contributed by atoms with Crippen LogP contribution in [0.3, 0.4) is 0 Å². The lowest BCUT2D eigenvalue weighted by Crippen LogP contribution is -2.28. The summed E-state index contributed by atoms with van der Waals surface area (Å²) in [5, 5.41) is 5.72. The largest absolute Gasteiger partial charge is 0.481 e. The van der Waals surface area contributed by atoms with E-state index < -0.39 is 0 Å². The highest BCUT2D eigenvalue weighted by molar-refractivity contribution is 5.76. The standard InChI is InChI=1S/C12H20N4O3/c1-9-8-11(19-3)16-12(15-9)14-5-4-10(17)13-6-7-18-2/h8H,4-7H2,1-3H3,(H,13,17)(H,14,15,16). The van der Waals surface area contributed by atoms with E-state index in [0.717, 1.165) is 5.69 Å². The van der Waals surface area contributed by atoms with Gasteiger partial charge in [0, 0.05) is 38.4 Å². The monoisotopic (exact) mass is 268 g/mol. The highest BCUT2D eigenvalue weighted by Gasteiger charge is 2.04. The van der Waals surface area contributed by atoms with Gasteiger partial charge in [0.25, 0.3) is 0 Å². The minimum atomic E-state index is -0.0378. The zero-order chi connectivity index (χ0) is 14.1. The lowest BCUT2D eigenvalue weighted by atomic mass is 10.4. The van der Waals surface area contributed by atoms with Gasteiger partial charge in [-0.05, 0) is 6.92 Å². The van der Waals surface area contributed by atoms with Gasteiger partial charge in [0.05, 0.1) is 13.7 Å². The molecular formula is C12H20N4O3. The van der Waals surface area contributed by atoms with Crippen molar-refractivity contribution in [2.75, 3.05) is 39.2 Å². The summed E-state index contributed by atoms with van der Waals surface area (Å²) in [6.45, 7) is 3.35. The minimum Gasteiger partial charge on any atom is -0.481 e. The molecule has 1 aromatic heterocycles. The Balaban J connectivity index is 2.32. The van der Waals surface area contributed by atoms with Gasteiger partial charge in [-0.2, -0.15) is 4.98 Å². The van der Waals surface area contributed by atoms with Gasteiger partial charge in [-0.25, -0.2) is 4.98 Å². The van der Waals surface area contributed by atoms with Crippen LogP contribution in [0.4, 0.5) is 5.95 Å². The highest BCUT2D eigenvalue weighted by atomic mass is 16.5. The van der Waals surface area contributed by atoms with Crippen molar-refractivity contribution >= 4 is 11.9 Å². The first kappa shape index (κ1) is 15.2. The SMILES string of the molecule is COCCNC(=O)CCNc1nc(C)cc(OC)n1. The number of ether oxygens (including phenoxy) is 2. The van der Waals surface area contributed by atoms with Gasteiger partial charge in [-0.1, -0.05) is 0 Å². The van der Waals surface area contributed by atoms with E-state index in [1.54, 1.807) is 20.3 Å². The van der Waals surface area contributed by atoms with Crippen molar-refractivity contribution in [3.05, 3.63) is 11.8 Å². The molecule has 0 spiro atoms. The first-order valence-corrected chi connectivity index (χ1v) is 6.05. The third-order valence-electron chi connectivity index (χ3n) is 2.30. The van der Waals surface area contributed by atoms with E-state index in [2.05, 4.69) is 20.6 Å². The Morgan fingerprint density at radius 1 is 1.32 bits per heavy atom. The van der Waals surface area contributed by atoms with E-state index in [1.165, 1.54) is 0 Å². The topological polar surface area (TPSA) is 85.4 Å². The maximum atomic E-state index is 11.4. The van der Waals surface area contributed by atoms with Crippen molar-refractivity contribution in [3.8, 4) is 5.88 Å². The van der Waals surface area contributed by atoms with Crippen LogP contribution in [-0.4, -0.2) is 49.8 Å². The molecule has 1 rings (SSSR count). The van der Waals surface area contributed by atoms with E-state index in [4.69, 9.17) is 9.47 Å². The van der Waals surface area contributed by atoms with Gasteiger partial charge in [-0.15, -0.1) is 0 Å². The first-order valence-electron chi connectivity index (χ1n) is 6.05. The van der Waals surface area contributed by atoms with Crippen molar-refractivity contribution < 1.29 is 14.3 Å². The number of nitrogens with zero attached hydrogens (tertiary/aromatic N) is 2. The summed E-state index contributed by atoms with van der Waals surface area (Å²) in [6.07, 6.45) is 0.351. The molecule has 106 valence electrons. The molecule has 0 aromatic carbocycles. The Bertz CT molecular complexity index is 412. The van der Waals surface area contributed by atoms with E-state index in [1.807, 2.05) is 6.92 Å². The molecule has 0 aliphatic carbocycles. The van der Waals surface area contributed by atoms with Crippen LogP contribution in [0.15, 0.2) is 6.07 Å². The molecule has 0 radical (unpaired) electrons. The van der Waals surface area contributed by atoms with Crippen molar-refractivity contribution in [1.29, 1.82) is 0 Å². The fraction of sp³-hybridized carbons (Fsp3) is 0.583. The third-order valence-corrected chi connectivity index (χ3v) is 2.30. The summed E-state index contributed by atoms with van der Waals surface area (Å²) >= 11 is 0. The number of aromatic nitrogens is 2. The zero-order valence-electron chi connectivity index (χ0n) is 11.5. The summed E-state index contributed by atoms with van der Waals surface area (Å²) in [7, 11) is 3.14. The van der Waals surface area contributed by atoms with E-state index >= 15 is 0 Å². The number of methoxy groups -OCH3 is 2. The normalized spacial score (nSPS) is 10.1. The Kier molecular flexibility index (Phi) is 6.59. The number of nitrogens with one attached hydrogen (secondary N) is 2. The maximum absolute atomic E-state index is 11.4. The van der Waals surface area contributed by atoms with Crippen LogP contribution in [0.1, 0.15) is 12.1 Å². The number of hydrogen-bond acceptors (Lipinski definition) is 6. The van der Waals surface area contributed by atoms with Crippen molar-refractivity contribution in [2.45, 2.75) is 13.3 Å².